The van der Waals surface area contributed by atoms with Gasteiger partial charge in [-0.25, -0.2) is 0 Å². The maximum atomic E-state index is 11.7. The van der Waals surface area contributed by atoms with Crippen molar-refractivity contribution < 1.29 is 19.1 Å². The number of aliphatic carboxylic acids is 1. The first kappa shape index (κ1) is 10.9. The molecule has 0 saturated carbocycles. The monoisotopic (exact) mass is 191 g/mol. The molecule has 0 radical (unpaired) electrons. The van der Waals surface area contributed by atoms with Crippen molar-refractivity contribution in [2.45, 2.75) is 6.42 Å². The SMILES string of the molecule is N#CSC(=O)C(CCF)C(=O)O. The number of carboxylic acids is 1. The van der Waals surface area contributed by atoms with Gasteiger partial charge in [-0.2, -0.15) is 5.26 Å². The number of carbonyl (C=O) groups excluding carboxylic acids is 1. The lowest BCUT2D eigenvalue weighted by atomic mass is 10.1. The van der Waals surface area contributed by atoms with Crippen molar-refractivity contribution in [1.29, 1.82) is 5.26 Å². The van der Waals surface area contributed by atoms with Crippen LogP contribution in [-0.2, 0) is 9.59 Å². The van der Waals surface area contributed by atoms with Crippen LogP contribution in [0.1, 0.15) is 6.42 Å². The number of rotatable bonds is 4. The van der Waals surface area contributed by atoms with Crippen LogP contribution in [0.5, 0.6) is 0 Å². The predicted octanol–water partition coefficient (Wildman–Crippen LogP) is 0.788. The highest BCUT2D eigenvalue weighted by atomic mass is 32.2. The fourth-order valence-corrected chi connectivity index (χ4v) is 1.02. The Hall–Kier alpha value is -1.09. The molecule has 0 saturated heterocycles. The third-order valence-corrected chi connectivity index (χ3v) is 1.70. The van der Waals surface area contributed by atoms with Crippen molar-refractivity contribution in [2.75, 3.05) is 6.67 Å². The third-order valence-electron chi connectivity index (χ3n) is 1.13. The number of hydrogen-bond donors (Lipinski definition) is 1. The van der Waals surface area contributed by atoms with E-state index in [-0.39, 0.29) is 18.2 Å². The zero-order valence-electron chi connectivity index (χ0n) is 5.99. The molecule has 0 aromatic heterocycles. The van der Waals surface area contributed by atoms with Crippen LogP contribution in [0.2, 0.25) is 0 Å². The molecule has 0 rings (SSSR count). The molecule has 1 unspecified atom stereocenters. The molecular weight excluding hydrogens is 185 g/mol. The molecule has 1 atom stereocenters. The third kappa shape index (κ3) is 3.34. The van der Waals surface area contributed by atoms with Crippen molar-refractivity contribution >= 4 is 22.8 Å². The van der Waals surface area contributed by atoms with E-state index in [1.54, 1.807) is 0 Å². The number of carboxylic acid groups (broad SMARTS) is 1. The van der Waals surface area contributed by atoms with Gasteiger partial charge in [0.1, 0.15) is 11.3 Å². The van der Waals surface area contributed by atoms with E-state index in [1.807, 2.05) is 0 Å². The van der Waals surface area contributed by atoms with Gasteiger partial charge in [-0.3, -0.25) is 14.0 Å². The van der Waals surface area contributed by atoms with Crippen LogP contribution >= 0.6 is 11.8 Å². The zero-order valence-corrected chi connectivity index (χ0v) is 6.81. The standard InChI is InChI=1S/C6H6FNO3S/c7-2-1-4(5(9)10)6(11)12-3-8/h4H,1-2H2,(H,9,10). The molecule has 66 valence electrons. The number of nitriles is 1. The molecule has 0 aromatic carbocycles. The number of carbonyl (C=O) groups is 2. The van der Waals surface area contributed by atoms with Gasteiger partial charge in [0, 0.05) is 11.8 Å². The summed E-state index contributed by atoms with van der Waals surface area (Å²) in [5.41, 5.74) is 0. The largest absolute Gasteiger partial charge is 0.481 e. The second-order valence-electron chi connectivity index (χ2n) is 1.88. The normalized spacial score (nSPS) is 11.7. The second-order valence-corrected chi connectivity index (χ2v) is 2.67. The lowest BCUT2D eigenvalue weighted by Crippen LogP contribution is -2.21. The van der Waals surface area contributed by atoms with Gasteiger partial charge in [0.2, 0.25) is 5.12 Å². The Morgan fingerprint density at radius 3 is 2.58 bits per heavy atom. The second kappa shape index (κ2) is 5.55. The van der Waals surface area contributed by atoms with Crippen molar-refractivity contribution in [1.82, 2.24) is 0 Å². The van der Waals surface area contributed by atoms with E-state index in [1.165, 1.54) is 5.40 Å². The first-order valence-electron chi connectivity index (χ1n) is 3.02. The minimum Gasteiger partial charge on any atom is -0.481 e. The molecule has 0 aromatic rings. The lowest BCUT2D eigenvalue weighted by molar-refractivity contribution is -0.144. The molecule has 0 aliphatic rings. The Kier molecular flexibility index (Phi) is 5.04. The smallest absolute Gasteiger partial charge is 0.315 e. The van der Waals surface area contributed by atoms with Crippen LogP contribution in [0.4, 0.5) is 4.39 Å². The van der Waals surface area contributed by atoms with Crippen LogP contribution in [0.25, 0.3) is 0 Å². The minimum absolute atomic E-state index is 0.227. The maximum absolute atomic E-state index is 11.7. The molecule has 0 spiro atoms. The summed E-state index contributed by atoms with van der Waals surface area (Å²) in [6.07, 6.45) is -0.372. The fraction of sp³-hybridized carbons (Fsp3) is 0.500. The Labute approximate surface area is 72.4 Å². The summed E-state index contributed by atoms with van der Waals surface area (Å²) in [4.78, 5) is 21.1. The van der Waals surface area contributed by atoms with Crippen molar-refractivity contribution in [2.24, 2.45) is 5.92 Å². The molecular formula is C6H6FNO3S. The summed E-state index contributed by atoms with van der Waals surface area (Å²) >= 11 is 0.227. The van der Waals surface area contributed by atoms with Crippen LogP contribution in [0.15, 0.2) is 0 Å². The summed E-state index contributed by atoms with van der Waals surface area (Å²) in [5.74, 6) is -2.79. The van der Waals surface area contributed by atoms with Gasteiger partial charge in [-0.05, 0) is 6.42 Å². The van der Waals surface area contributed by atoms with Crippen molar-refractivity contribution in [3.05, 3.63) is 0 Å². The van der Waals surface area contributed by atoms with E-state index in [2.05, 4.69) is 0 Å². The number of hydrogen-bond acceptors (Lipinski definition) is 4. The molecule has 0 heterocycles. The van der Waals surface area contributed by atoms with E-state index in [4.69, 9.17) is 10.4 Å². The zero-order chi connectivity index (χ0) is 9.56. The van der Waals surface area contributed by atoms with Gasteiger partial charge in [-0.15, -0.1) is 0 Å². The highest BCUT2D eigenvalue weighted by Crippen LogP contribution is 2.14. The van der Waals surface area contributed by atoms with Crippen LogP contribution in [0, 0.1) is 16.6 Å². The maximum Gasteiger partial charge on any atom is 0.315 e. The highest BCUT2D eigenvalue weighted by Gasteiger charge is 2.26. The van der Waals surface area contributed by atoms with Crippen molar-refractivity contribution in [3.8, 4) is 5.40 Å². The average Bonchev–Trinajstić information content (AvgIpc) is 1.99. The van der Waals surface area contributed by atoms with Gasteiger partial charge in [0.25, 0.3) is 0 Å². The van der Waals surface area contributed by atoms with E-state index in [0.717, 1.165) is 0 Å². The van der Waals surface area contributed by atoms with E-state index >= 15 is 0 Å². The van der Waals surface area contributed by atoms with E-state index < -0.39 is 23.7 Å². The first-order chi connectivity index (χ1) is 5.63. The Bertz CT molecular complexity index is 225. The van der Waals surface area contributed by atoms with Crippen molar-refractivity contribution in [3.63, 3.8) is 0 Å². The van der Waals surface area contributed by atoms with Gasteiger partial charge in [-0.1, -0.05) is 0 Å². The molecule has 0 bridgehead atoms. The first-order valence-corrected chi connectivity index (χ1v) is 3.83. The van der Waals surface area contributed by atoms with Gasteiger partial charge >= 0.3 is 5.97 Å². The molecule has 6 heteroatoms. The van der Waals surface area contributed by atoms with Crippen LogP contribution < -0.4 is 0 Å². The molecule has 12 heavy (non-hydrogen) atoms. The molecule has 0 aliphatic heterocycles. The number of nitrogens with zero attached hydrogens (tertiary/aromatic N) is 1. The Morgan fingerprint density at radius 1 is 1.67 bits per heavy atom. The number of alkyl halides is 1. The summed E-state index contributed by atoms with van der Waals surface area (Å²) in [5, 5.41) is 17.1. The van der Waals surface area contributed by atoms with Gasteiger partial charge in [0.15, 0.2) is 0 Å². The van der Waals surface area contributed by atoms with E-state index in [9.17, 15) is 14.0 Å². The number of thiocyanates is 1. The molecule has 4 nitrogen and oxygen atoms in total. The minimum atomic E-state index is -1.40. The molecule has 0 fully saturated rings. The number of thioether (sulfide) groups is 1. The summed E-state index contributed by atoms with van der Waals surface area (Å²) in [6.45, 7) is -0.880. The van der Waals surface area contributed by atoms with Crippen LogP contribution in [0.3, 0.4) is 0 Å². The topological polar surface area (TPSA) is 78.2 Å². The van der Waals surface area contributed by atoms with Crippen LogP contribution in [-0.4, -0.2) is 22.9 Å². The Balaban J connectivity index is 4.21. The average molecular weight is 191 g/mol. The lowest BCUT2D eigenvalue weighted by Gasteiger charge is -2.04. The summed E-state index contributed by atoms with van der Waals surface area (Å²) in [6, 6.07) is 0. The highest BCUT2D eigenvalue weighted by molar-refractivity contribution is 8.17. The summed E-state index contributed by atoms with van der Waals surface area (Å²) in [7, 11) is 0. The molecule has 1 N–H and O–H groups in total. The van der Waals surface area contributed by atoms with E-state index in [0.29, 0.717) is 0 Å². The predicted molar refractivity (Wildman–Crippen MR) is 39.9 cm³/mol. The Morgan fingerprint density at radius 2 is 2.25 bits per heavy atom. The molecule has 0 aliphatic carbocycles. The summed E-state index contributed by atoms with van der Waals surface area (Å²) < 4.78 is 11.7. The fourth-order valence-electron chi connectivity index (χ4n) is 0.567. The van der Waals surface area contributed by atoms with Gasteiger partial charge < -0.3 is 5.11 Å². The number of halogens is 1. The quantitative estimate of drug-likeness (QED) is 0.525. The molecule has 0 amide bonds. The van der Waals surface area contributed by atoms with Gasteiger partial charge in [0.05, 0.1) is 6.67 Å².